The lowest BCUT2D eigenvalue weighted by Gasteiger charge is -2.52. The lowest BCUT2D eigenvalue weighted by molar-refractivity contribution is -0.153. The summed E-state index contributed by atoms with van der Waals surface area (Å²) in [5.74, 6) is 2.56. The summed E-state index contributed by atoms with van der Waals surface area (Å²) < 4.78 is 18.6. The fourth-order valence-electron chi connectivity index (χ4n) is 6.74. The maximum absolute atomic E-state index is 13.4. The first-order valence-electron chi connectivity index (χ1n) is 13.4. The molecule has 1 spiro atoms. The summed E-state index contributed by atoms with van der Waals surface area (Å²) in [4.78, 5) is 21.5. The number of carbonyl (C=O) groups excluding carboxylic acids is 1. The van der Waals surface area contributed by atoms with E-state index in [1.54, 1.807) is 0 Å². The standard InChI is InChI=1S/C29H37N3O4/c1-19-26(28(33)34-18-22-10-9-21(35-22)17-31(2)3)27-23-16-20-8-4-6-14-32-15-7-5-13-29(20,32)36-25(23)12-11-24(27)30-19/h9-12,20,30H,4-8,13-18H2,1-3H3. The van der Waals surface area contributed by atoms with Crippen LogP contribution >= 0.6 is 0 Å². The van der Waals surface area contributed by atoms with E-state index < -0.39 is 0 Å². The largest absolute Gasteiger partial charge is 0.472 e. The van der Waals surface area contributed by atoms with Crippen LogP contribution in [-0.2, 0) is 24.3 Å². The van der Waals surface area contributed by atoms with Crippen LogP contribution in [0.5, 0.6) is 5.75 Å². The van der Waals surface area contributed by atoms with E-state index in [9.17, 15) is 4.79 Å². The number of nitrogens with one attached hydrogen (secondary N) is 1. The number of furan rings is 1. The average molecular weight is 492 g/mol. The summed E-state index contributed by atoms with van der Waals surface area (Å²) in [6.07, 6.45) is 8.14. The lowest BCUT2D eigenvalue weighted by atomic mass is 9.77. The van der Waals surface area contributed by atoms with Gasteiger partial charge in [-0.2, -0.15) is 0 Å². The molecule has 2 atom stereocenters. The van der Waals surface area contributed by atoms with Crippen molar-refractivity contribution >= 4 is 16.9 Å². The quantitative estimate of drug-likeness (QED) is 0.482. The zero-order valence-corrected chi connectivity index (χ0v) is 21.7. The fraction of sp³-hybridized carbons (Fsp3) is 0.552. The number of aryl methyl sites for hydroxylation is 1. The summed E-state index contributed by atoms with van der Waals surface area (Å²) in [5.41, 5.74) is 3.38. The number of benzene rings is 1. The number of H-pyrrole nitrogens is 1. The second-order valence-electron chi connectivity index (χ2n) is 11.1. The number of hydrogen-bond acceptors (Lipinski definition) is 6. The second-order valence-corrected chi connectivity index (χ2v) is 11.1. The molecule has 3 aliphatic heterocycles. The Morgan fingerprint density at radius 2 is 1.94 bits per heavy atom. The number of fused-ring (bicyclic) bond motifs is 3. The van der Waals surface area contributed by atoms with Crippen molar-refractivity contribution in [2.24, 2.45) is 5.92 Å². The molecule has 1 aromatic carbocycles. The number of carbonyl (C=O) groups is 1. The molecule has 6 rings (SSSR count). The molecule has 0 aliphatic carbocycles. The summed E-state index contributed by atoms with van der Waals surface area (Å²) >= 11 is 0. The minimum atomic E-state index is -0.321. The van der Waals surface area contributed by atoms with Gasteiger partial charge in [0.15, 0.2) is 5.72 Å². The highest BCUT2D eigenvalue weighted by Gasteiger charge is 2.51. The molecule has 36 heavy (non-hydrogen) atoms. The minimum absolute atomic E-state index is 0.116. The van der Waals surface area contributed by atoms with Crippen molar-refractivity contribution in [1.82, 2.24) is 14.8 Å². The van der Waals surface area contributed by atoms with Gasteiger partial charge in [-0.3, -0.25) is 4.90 Å². The predicted molar refractivity (Wildman–Crippen MR) is 138 cm³/mol. The summed E-state index contributed by atoms with van der Waals surface area (Å²) in [6.45, 7) is 5.02. The molecule has 0 radical (unpaired) electrons. The van der Waals surface area contributed by atoms with Crippen molar-refractivity contribution in [3.63, 3.8) is 0 Å². The topological polar surface area (TPSA) is 70.9 Å². The van der Waals surface area contributed by atoms with Crippen molar-refractivity contribution < 1.29 is 18.7 Å². The Morgan fingerprint density at radius 1 is 1.14 bits per heavy atom. The van der Waals surface area contributed by atoms with Crippen LogP contribution in [0.25, 0.3) is 10.9 Å². The third-order valence-corrected chi connectivity index (χ3v) is 8.31. The van der Waals surface area contributed by atoms with Crippen LogP contribution in [0.15, 0.2) is 28.7 Å². The van der Waals surface area contributed by atoms with Crippen molar-refractivity contribution in [3.8, 4) is 5.75 Å². The van der Waals surface area contributed by atoms with Gasteiger partial charge in [0, 0.05) is 47.6 Å². The van der Waals surface area contributed by atoms with E-state index >= 15 is 0 Å². The van der Waals surface area contributed by atoms with Crippen molar-refractivity contribution in [2.45, 2.75) is 70.7 Å². The van der Waals surface area contributed by atoms with E-state index in [4.69, 9.17) is 13.9 Å². The number of aromatic nitrogens is 1. The van der Waals surface area contributed by atoms with Gasteiger partial charge >= 0.3 is 5.97 Å². The molecule has 2 fully saturated rings. The molecule has 3 aliphatic rings. The van der Waals surface area contributed by atoms with Gasteiger partial charge in [-0.1, -0.05) is 6.42 Å². The molecule has 0 amide bonds. The number of nitrogens with zero attached hydrogens (tertiary/aromatic N) is 2. The number of aromatic amines is 1. The Balaban J connectivity index is 1.31. The first kappa shape index (κ1) is 23.6. The number of ether oxygens (including phenoxy) is 2. The van der Waals surface area contributed by atoms with Crippen LogP contribution in [0.2, 0.25) is 0 Å². The van der Waals surface area contributed by atoms with Crippen LogP contribution < -0.4 is 4.74 Å². The molecule has 3 aromatic rings. The number of rotatable bonds is 5. The molecule has 192 valence electrons. The van der Waals surface area contributed by atoms with E-state index in [0.717, 1.165) is 59.6 Å². The molecule has 7 heteroatoms. The molecular formula is C29H37N3O4. The maximum Gasteiger partial charge on any atom is 0.341 e. The molecule has 1 N–H and O–H groups in total. The average Bonchev–Trinajstić information content (AvgIpc) is 3.38. The zero-order valence-electron chi connectivity index (χ0n) is 21.7. The highest BCUT2D eigenvalue weighted by Crippen LogP contribution is 2.49. The summed E-state index contributed by atoms with van der Waals surface area (Å²) in [6, 6.07) is 7.97. The van der Waals surface area contributed by atoms with Crippen molar-refractivity contribution in [3.05, 3.63) is 52.6 Å². The van der Waals surface area contributed by atoms with E-state index in [1.807, 2.05) is 38.1 Å². The minimum Gasteiger partial charge on any atom is -0.472 e. The summed E-state index contributed by atoms with van der Waals surface area (Å²) in [7, 11) is 3.99. The van der Waals surface area contributed by atoms with Gasteiger partial charge in [0.05, 0.1) is 12.1 Å². The van der Waals surface area contributed by atoms with Gasteiger partial charge in [-0.05, 0) is 77.4 Å². The molecular weight excluding hydrogens is 454 g/mol. The predicted octanol–water partition coefficient (Wildman–Crippen LogP) is 5.41. The lowest BCUT2D eigenvalue weighted by Crippen LogP contribution is -2.61. The van der Waals surface area contributed by atoms with E-state index in [1.165, 1.54) is 32.1 Å². The van der Waals surface area contributed by atoms with Crippen LogP contribution in [0, 0.1) is 12.8 Å². The Bertz CT molecular complexity index is 1280. The van der Waals surface area contributed by atoms with Gasteiger partial charge in [0.25, 0.3) is 0 Å². The first-order chi connectivity index (χ1) is 17.4. The first-order valence-corrected chi connectivity index (χ1v) is 13.4. The molecule has 2 saturated heterocycles. The third-order valence-electron chi connectivity index (χ3n) is 8.31. The molecule has 0 saturated carbocycles. The zero-order chi connectivity index (χ0) is 24.9. The van der Waals surface area contributed by atoms with E-state index in [-0.39, 0.29) is 18.3 Å². The number of piperidine rings is 1. The Hall–Kier alpha value is -2.77. The molecule has 0 bridgehead atoms. The van der Waals surface area contributed by atoms with Gasteiger partial charge in [0.2, 0.25) is 0 Å². The molecule has 2 aromatic heterocycles. The van der Waals surface area contributed by atoms with Crippen LogP contribution in [0.4, 0.5) is 0 Å². The van der Waals surface area contributed by atoms with Crippen LogP contribution in [0.1, 0.15) is 71.7 Å². The SMILES string of the molecule is Cc1[nH]c2ccc3c(c2c1C(=O)OCc1ccc(CN(C)C)o1)CC1CCCCN2CCCCC12O3. The van der Waals surface area contributed by atoms with Crippen molar-refractivity contribution in [1.29, 1.82) is 0 Å². The number of hydrogen-bond donors (Lipinski definition) is 1. The van der Waals surface area contributed by atoms with Crippen molar-refractivity contribution in [2.75, 3.05) is 27.2 Å². The monoisotopic (exact) mass is 491 g/mol. The highest BCUT2D eigenvalue weighted by atomic mass is 16.5. The van der Waals surface area contributed by atoms with Crippen LogP contribution in [0.3, 0.4) is 0 Å². The summed E-state index contributed by atoms with van der Waals surface area (Å²) in [5, 5.41) is 0.962. The molecule has 2 unspecified atom stereocenters. The highest BCUT2D eigenvalue weighted by molar-refractivity contribution is 6.07. The molecule has 5 heterocycles. The maximum atomic E-state index is 13.4. The Labute approximate surface area is 212 Å². The fourth-order valence-corrected chi connectivity index (χ4v) is 6.74. The second kappa shape index (κ2) is 9.27. The van der Waals surface area contributed by atoms with Gasteiger partial charge < -0.3 is 23.8 Å². The Morgan fingerprint density at radius 3 is 2.78 bits per heavy atom. The van der Waals surface area contributed by atoms with Gasteiger partial charge in [0.1, 0.15) is 23.9 Å². The van der Waals surface area contributed by atoms with E-state index in [2.05, 4.69) is 22.0 Å². The van der Waals surface area contributed by atoms with Crippen LogP contribution in [-0.4, -0.2) is 53.7 Å². The normalized spacial score (nSPS) is 24.1. The Kier molecular flexibility index (Phi) is 6.08. The van der Waals surface area contributed by atoms with Gasteiger partial charge in [-0.25, -0.2) is 4.79 Å². The smallest absolute Gasteiger partial charge is 0.341 e. The number of esters is 1. The van der Waals surface area contributed by atoms with Gasteiger partial charge in [-0.15, -0.1) is 0 Å². The molecule has 7 nitrogen and oxygen atoms in total. The third kappa shape index (κ3) is 4.02. The van der Waals surface area contributed by atoms with E-state index in [0.29, 0.717) is 23.8 Å².